The molecule has 0 nitrogen and oxygen atoms in total. The van der Waals surface area contributed by atoms with Crippen LogP contribution in [0.4, 0.5) is 0 Å². The smallest absolute Gasteiger partial charge is 0.0257 e. The van der Waals surface area contributed by atoms with E-state index < -0.39 is 0 Å². The van der Waals surface area contributed by atoms with Crippen molar-refractivity contribution in [1.29, 1.82) is 0 Å². The zero-order valence-electron chi connectivity index (χ0n) is 12.1. The zero-order valence-corrected chi connectivity index (χ0v) is 12.1. The third-order valence-corrected chi connectivity index (χ3v) is 2.05. The maximum Gasteiger partial charge on any atom is -0.0257 e. The molecular formula is C16H28. The molecular weight excluding hydrogens is 192 g/mol. The summed E-state index contributed by atoms with van der Waals surface area (Å²) >= 11 is 0. The first-order valence-electron chi connectivity index (χ1n) is 6.46. The van der Waals surface area contributed by atoms with Gasteiger partial charge in [-0.3, -0.25) is 0 Å². The second kappa shape index (κ2) is 12.0. The van der Waals surface area contributed by atoms with E-state index in [0.717, 1.165) is 6.42 Å². The molecule has 0 heteroatoms. The Hall–Kier alpha value is -1.04. The van der Waals surface area contributed by atoms with E-state index in [1.54, 1.807) is 0 Å². The Kier molecular flexibility index (Phi) is 13.1. The largest absolute Gasteiger partial charge is 0.0730 e. The van der Waals surface area contributed by atoms with Crippen LogP contribution in [0, 0.1) is 6.92 Å². The van der Waals surface area contributed by atoms with Crippen LogP contribution >= 0.6 is 0 Å². The van der Waals surface area contributed by atoms with Gasteiger partial charge in [-0.2, -0.15) is 0 Å². The van der Waals surface area contributed by atoms with Gasteiger partial charge >= 0.3 is 0 Å². The maximum atomic E-state index is 2.24. The fourth-order valence-electron chi connectivity index (χ4n) is 1.05. The van der Waals surface area contributed by atoms with Crippen LogP contribution in [-0.4, -0.2) is 0 Å². The van der Waals surface area contributed by atoms with Crippen LogP contribution in [0.1, 0.15) is 59.1 Å². The summed E-state index contributed by atoms with van der Waals surface area (Å²) < 4.78 is 0. The topological polar surface area (TPSA) is 0 Å². The molecule has 16 heavy (non-hydrogen) atoms. The van der Waals surface area contributed by atoms with Crippen molar-refractivity contribution in [3.63, 3.8) is 0 Å². The minimum absolute atomic E-state index is 1.13. The zero-order chi connectivity index (χ0) is 13.0. The van der Waals surface area contributed by atoms with E-state index in [9.17, 15) is 0 Å². The summed E-state index contributed by atoms with van der Waals surface area (Å²) in [6, 6.07) is 8.62. The lowest BCUT2D eigenvalue weighted by molar-refractivity contribution is 1.11. The van der Waals surface area contributed by atoms with Crippen molar-refractivity contribution < 1.29 is 0 Å². The Bertz CT molecular complexity index is 265. The molecule has 0 saturated carbocycles. The normalized spacial score (nSPS) is 9.56. The predicted molar refractivity (Wildman–Crippen MR) is 77.8 cm³/mol. The number of allylic oxidation sites excluding steroid dienone is 1. The summed E-state index contributed by atoms with van der Waals surface area (Å²) in [5, 5.41) is 0. The summed E-state index contributed by atoms with van der Waals surface area (Å²) in [7, 11) is 0. The first-order valence-corrected chi connectivity index (χ1v) is 6.46. The predicted octanol–water partition coefficient (Wildman–Crippen LogP) is 5.86. The van der Waals surface area contributed by atoms with Crippen molar-refractivity contribution in [2.75, 3.05) is 0 Å². The summed E-state index contributed by atoms with van der Waals surface area (Å²) in [6.07, 6.45) is 3.37. The van der Waals surface area contributed by atoms with Crippen LogP contribution < -0.4 is 0 Å². The lowest BCUT2D eigenvalue weighted by Gasteiger charge is -1.97. The molecule has 0 heterocycles. The van der Waals surface area contributed by atoms with Crippen LogP contribution in [0.5, 0.6) is 0 Å². The van der Waals surface area contributed by atoms with Gasteiger partial charge in [0, 0.05) is 0 Å². The SMILES string of the molecule is CC.CC.CCC(C)=Cc1ccc(C)cc1. The Labute approximate surface area is 102 Å². The van der Waals surface area contributed by atoms with Gasteiger partial charge in [-0.25, -0.2) is 0 Å². The highest BCUT2D eigenvalue weighted by Crippen LogP contribution is 2.09. The van der Waals surface area contributed by atoms with E-state index >= 15 is 0 Å². The lowest BCUT2D eigenvalue weighted by atomic mass is 10.1. The molecule has 0 bridgehead atoms. The number of hydrogen-bond donors (Lipinski definition) is 0. The minimum atomic E-state index is 1.13. The van der Waals surface area contributed by atoms with E-state index in [1.807, 2.05) is 27.7 Å². The van der Waals surface area contributed by atoms with E-state index in [4.69, 9.17) is 0 Å². The van der Waals surface area contributed by atoms with Gasteiger partial charge in [-0.05, 0) is 25.8 Å². The number of hydrogen-bond acceptors (Lipinski definition) is 0. The van der Waals surface area contributed by atoms with Crippen molar-refractivity contribution in [3.8, 4) is 0 Å². The molecule has 1 aromatic rings. The van der Waals surface area contributed by atoms with Crippen LogP contribution in [-0.2, 0) is 0 Å². The molecule has 0 unspecified atom stereocenters. The Balaban J connectivity index is 0. The number of benzene rings is 1. The van der Waals surface area contributed by atoms with Gasteiger partial charge in [0.05, 0.1) is 0 Å². The van der Waals surface area contributed by atoms with Gasteiger partial charge < -0.3 is 0 Å². The monoisotopic (exact) mass is 220 g/mol. The highest BCUT2D eigenvalue weighted by atomic mass is 13.9. The molecule has 0 atom stereocenters. The van der Waals surface area contributed by atoms with Crippen LogP contribution in [0.25, 0.3) is 6.08 Å². The average Bonchev–Trinajstić information content (AvgIpc) is 2.37. The number of aryl methyl sites for hydroxylation is 1. The van der Waals surface area contributed by atoms with E-state index in [2.05, 4.69) is 51.1 Å². The Morgan fingerprint density at radius 1 is 1.00 bits per heavy atom. The fraction of sp³-hybridized carbons (Fsp3) is 0.500. The first-order chi connectivity index (χ1) is 7.72. The molecule has 0 aliphatic carbocycles. The van der Waals surface area contributed by atoms with Gasteiger partial charge in [-0.15, -0.1) is 0 Å². The fourth-order valence-corrected chi connectivity index (χ4v) is 1.05. The molecule has 0 aliphatic rings. The van der Waals surface area contributed by atoms with Gasteiger partial charge in [-0.1, -0.05) is 76.1 Å². The van der Waals surface area contributed by atoms with Gasteiger partial charge in [0.1, 0.15) is 0 Å². The highest BCUT2D eigenvalue weighted by molar-refractivity contribution is 5.52. The second-order valence-corrected chi connectivity index (χ2v) is 3.25. The van der Waals surface area contributed by atoms with Crippen LogP contribution in [0.2, 0.25) is 0 Å². The standard InChI is InChI=1S/C12H16.2C2H6/c1-4-10(2)9-12-7-5-11(3)6-8-12;2*1-2/h5-9H,4H2,1-3H3;2*1-2H3. The maximum absolute atomic E-state index is 2.24. The molecule has 0 N–H and O–H groups in total. The van der Waals surface area contributed by atoms with Crippen LogP contribution in [0.3, 0.4) is 0 Å². The quantitative estimate of drug-likeness (QED) is 0.585. The van der Waals surface area contributed by atoms with Gasteiger partial charge in [0.15, 0.2) is 0 Å². The van der Waals surface area contributed by atoms with Crippen LogP contribution in [0.15, 0.2) is 29.8 Å². The molecule has 0 aromatic heterocycles. The lowest BCUT2D eigenvalue weighted by Crippen LogP contribution is -1.76. The third kappa shape index (κ3) is 8.28. The molecule has 92 valence electrons. The molecule has 0 spiro atoms. The van der Waals surface area contributed by atoms with Crippen molar-refractivity contribution in [3.05, 3.63) is 41.0 Å². The molecule has 0 radical (unpaired) electrons. The Morgan fingerprint density at radius 3 is 1.81 bits per heavy atom. The average molecular weight is 220 g/mol. The van der Waals surface area contributed by atoms with Crippen molar-refractivity contribution >= 4 is 6.08 Å². The molecule has 0 aliphatic heterocycles. The highest BCUT2D eigenvalue weighted by Gasteiger charge is 1.88. The van der Waals surface area contributed by atoms with Crippen molar-refractivity contribution in [2.45, 2.75) is 54.9 Å². The molecule has 0 amide bonds. The summed E-state index contributed by atoms with van der Waals surface area (Å²) in [5.41, 5.74) is 4.06. The molecule has 0 saturated heterocycles. The molecule has 1 aromatic carbocycles. The molecule has 0 fully saturated rings. The van der Waals surface area contributed by atoms with Gasteiger partial charge in [0.2, 0.25) is 0 Å². The van der Waals surface area contributed by atoms with E-state index in [1.165, 1.54) is 16.7 Å². The Morgan fingerprint density at radius 2 is 1.44 bits per heavy atom. The second-order valence-electron chi connectivity index (χ2n) is 3.25. The van der Waals surface area contributed by atoms with Crippen molar-refractivity contribution in [2.24, 2.45) is 0 Å². The first kappa shape index (κ1) is 17.4. The molecule has 1 rings (SSSR count). The minimum Gasteiger partial charge on any atom is -0.0730 e. The number of rotatable bonds is 2. The van der Waals surface area contributed by atoms with Crippen molar-refractivity contribution in [1.82, 2.24) is 0 Å². The summed E-state index contributed by atoms with van der Waals surface area (Å²) in [5.74, 6) is 0. The van der Waals surface area contributed by atoms with Gasteiger partial charge in [0.25, 0.3) is 0 Å². The third-order valence-electron chi connectivity index (χ3n) is 2.05. The van der Waals surface area contributed by atoms with E-state index in [-0.39, 0.29) is 0 Å². The van der Waals surface area contributed by atoms with E-state index in [0.29, 0.717) is 0 Å². The summed E-state index contributed by atoms with van der Waals surface area (Å²) in [4.78, 5) is 0. The summed E-state index contributed by atoms with van der Waals surface area (Å²) in [6.45, 7) is 14.5.